The summed E-state index contributed by atoms with van der Waals surface area (Å²) in [6, 6.07) is 8.55. The summed E-state index contributed by atoms with van der Waals surface area (Å²) in [5.74, 6) is 1.02. The number of piperidine rings is 1. The molecule has 4 rings (SSSR count). The summed E-state index contributed by atoms with van der Waals surface area (Å²) in [6.07, 6.45) is 7.07. The third-order valence-electron chi connectivity index (χ3n) is 5.57. The van der Waals surface area contributed by atoms with E-state index in [1.54, 1.807) is 10.9 Å². The fraction of sp³-hybridized carbons (Fsp3) is 0.409. The van der Waals surface area contributed by atoms with Crippen LogP contribution in [0.1, 0.15) is 36.0 Å². The summed E-state index contributed by atoms with van der Waals surface area (Å²) in [7, 11) is 1.88. The summed E-state index contributed by atoms with van der Waals surface area (Å²) in [4.78, 5) is 19.5. The Bertz CT molecular complexity index is 977. The average Bonchev–Trinajstić information content (AvgIpc) is 3.06. The molecule has 0 unspecified atom stereocenters. The lowest BCUT2D eigenvalue weighted by molar-refractivity contribution is -0.132. The lowest BCUT2D eigenvalue weighted by Crippen LogP contribution is -2.43. The number of fused-ring (bicyclic) bond motifs is 1. The second-order valence-corrected chi connectivity index (χ2v) is 7.91. The molecule has 27 heavy (non-hydrogen) atoms. The molecule has 0 N–H and O–H groups in total. The zero-order valence-electron chi connectivity index (χ0n) is 16.2. The average molecular weight is 362 g/mol. The van der Waals surface area contributed by atoms with Crippen LogP contribution in [0.4, 0.5) is 0 Å². The SMILES string of the molecule is Cc1ccc([C@H]2C[C@@H](C)CN(C(=O)Cc3cnn(C)c3)C2)c2cccnc12. The van der Waals surface area contributed by atoms with Crippen molar-refractivity contribution in [2.45, 2.75) is 32.6 Å². The van der Waals surface area contributed by atoms with E-state index < -0.39 is 0 Å². The summed E-state index contributed by atoms with van der Waals surface area (Å²) in [6.45, 7) is 5.95. The van der Waals surface area contributed by atoms with Crippen LogP contribution in [-0.4, -0.2) is 38.7 Å². The van der Waals surface area contributed by atoms with E-state index >= 15 is 0 Å². The van der Waals surface area contributed by atoms with Gasteiger partial charge in [-0.05, 0) is 42.0 Å². The van der Waals surface area contributed by atoms with Gasteiger partial charge in [-0.1, -0.05) is 25.1 Å². The fourth-order valence-corrected chi connectivity index (χ4v) is 4.32. The third-order valence-corrected chi connectivity index (χ3v) is 5.57. The van der Waals surface area contributed by atoms with Gasteiger partial charge in [0.1, 0.15) is 0 Å². The maximum absolute atomic E-state index is 12.9. The van der Waals surface area contributed by atoms with E-state index in [1.165, 1.54) is 16.5 Å². The van der Waals surface area contributed by atoms with E-state index in [9.17, 15) is 4.79 Å². The summed E-state index contributed by atoms with van der Waals surface area (Å²) < 4.78 is 1.75. The van der Waals surface area contributed by atoms with Gasteiger partial charge in [0.2, 0.25) is 5.91 Å². The Labute approximate surface area is 160 Å². The molecular formula is C22H26N4O. The minimum atomic E-state index is 0.189. The largest absolute Gasteiger partial charge is 0.342 e. The predicted molar refractivity (Wildman–Crippen MR) is 106 cm³/mol. The van der Waals surface area contributed by atoms with Crippen molar-refractivity contribution in [1.29, 1.82) is 0 Å². The lowest BCUT2D eigenvalue weighted by atomic mass is 9.83. The molecule has 3 aromatic rings. The molecule has 0 spiro atoms. The van der Waals surface area contributed by atoms with E-state index in [-0.39, 0.29) is 5.91 Å². The smallest absolute Gasteiger partial charge is 0.227 e. The summed E-state index contributed by atoms with van der Waals surface area (Å²) >= 11 is 0. The topological polar surface area (TPSA) is 51.0 Å². The van der Waals surface area contributed by atoms with Crippen LogP contribution in [0.2, 0.25) is 0 Å². The molecule has 1 aliphatic heterocycles. The number of carbonyl (C=O) groups is 1. The quantitative estimate of drug-likeness (QED) is 0.717. The Kier molecular flexibility index (Phi) is 4.68. The number of likely N-dealkylation sites (tertiary alicyclic amines) is 1. The van der Waals surface area contributed by atoms with Crippen molar-refractivity contribution in [3.63, 3.8) is 0 Å². The van der Waals surface area contributed by atoms with Crippen molar-refractivity contribution < 1.29 is 4.79 Å². The summed E-state index contributed by atoms with van der Waals surface area (Å²) in [5.41, 5.74) is 4.56. The second kappa shape index (κ2) is 7.14. The summed E-state index contributed by atoms with van der Waals surface area (Å²) in [5, 5.41) is 5.39. The van der Waals surface area contributed by atoms with Gasteiger partial charge in [0.25, 0.3) is 0 Å². The molecule has 0 saturated carbocycles. The number of rotatable bonds is 3. The van der Waals surface area contributed by atoms with Crippen molar-refractivity contribution in [3.8, 4) is 0 Å². The molecular weight excluding hydrogens is 336 g/mol. The van der Waals surface area contributed by atoms with Crippen LogP contribution in [0.15, 0.2) is 42.9 Å². The first-order chi connectivity index (χ1) is 13.0. The van der Waals surface area contributed by atoms with Crippen LogP contribution in [0.5, 0.6) is 0 Å². The van der Waals surface area contributed by atoms with Crippen molar-refractivity contribution in [3.05, 3.63) is 59.5 Å². The first-order valence-electron chi connectivity index (χ1n) is 9.61. The highest BCUT2D eigenvalue weighted by atomic mass is 16.2. The van der Waals surface area contributed by atoms with E-state index in [1.807, 2.05) is 30.4 Å². The van der Waals surface area contributed by atoms with Gasteiger partial charge in [0.05, 0.1) is 18.1 Å². The molecule has 140 valence electrons. The van der Waals surface area contributed by atoms with Gasteiger partial charge in [-0.15, -0.1) is 0 Å². The molecule has 2 aromatic heterocycles. The molecule has 3 heterocycles. The number of pyridine rings is 1. The molecule has 1 amide bonds. The maximum atomic E-state index is 12.9. The van der Waals surface area contributed by atoms with Crippen LogP contribution >= 0.6 is 0 Å². The zero-order chi connectivity index (χ0) is 19.0. The van der Waals surface area contributed by atoms with Crippen LogP contribution in [0, 0.1) is 12.8 Å². The molecule has 1 fully saturated rings. The number of benzene rings is 1. The van der Waals surface area contributed by atoms with Crippen molar-refractivity contribution in [2.24, 2.45) is 13.0 Å². The van der Waals surface area contributed by atoms with Gasteiger partial charge in [0, 0.05) is 43.8 Å². The number of hydrogen-bond acceptors (Lipinski definition) is 3. The normalized spacial score (nSPS) is 20.2. The van der Waals surface area contributed by atoms with Gasteiger partial charge in [-0.3, -0.25) is 14.5 Å². The standard InChI is InChI=1S/C22H26N4O/c1-15-9-18(19-7-6-16(2)22-20(19)5-4-8-23-22)14-26(12-15)21(27)10-17-11-24-25(3)13-17/h4-8,11,13,15,18H,9-10,12,14H2,1-3H3/t15-,18+/m1/s1. The van der Waals surface area contributed by atoms with Gasteiger partial charge < -0.3 is 4.90 Å². The molecule has 5 nitrogen and oxygen atoms in total. The molecule has 0 bridgehead atoms. The van der Waals surface area contributed by atoms with Crippen LogP contribution in [0.25, 0.3) is 10.9 Å². The van der Waals surface area contributed by atoms with Crippen LogP contribution in [0.3, 0.4) is 0 Å². The molecule has 0 radical (unpaired) electrons. The van der Waals surface area contributed by atoms with Gasteiger partial charge in [0.15, 0.2) is 0 Å². The Morgan fingerprint density at radius 3 is 2.89 bits per heavy atom. The maximum Gasteiger partial charge on any atom is 0.227 e. The fourth-order valence-electron chi connectivity index (χ4n) is 4.32. The van der Waals surface area contributed by atoms with Gasteiger partial charge in [-0.25, -0.2) is 0 Å². The monoisotopic (exact) mass is 362 g/mol. The Morgan fingerprint density at radius 1 is 1.26 bits per heavy atom. The van der Waals surface area contributed by atoms with Crippen LogP contribution in [-0.2, 0) is 18.3 Å². The van der Waals surface area contributed by atoms with Crippen molar-refractivity contribution >= 4 is 16.8 Å². The minimum Gasteiger partial charge on any atom is -0.342 e. The lowest BCUT2D eigenvalue weighted by Gasteiger charge is -2.37. The van der Waals surface area contributed by atoms with Gasteiger partial charge >= 0.3 is 0 Å². The first-order valence-corrected chi connectivity index (χ1v) is 9.61. The van der Waals surface area contributed by atoms with E-state index in [0.717, 1.165) is 30.6 Å². The third kappa shape index (κ3) is 3.59. The van der Waals surface area contributed by atoms with Gasteiger partial charge in [-0.2, -0.15) is 5.10 Å². The Balaban J connectivity index is 1.59. The number of amides is 1. The molecule has 0 aliphatic carbocycles. The Hall–Kier alpha value is -2.69. The molecule has 5 heteroatoms. The number of aryl methyl sites for hydroxylation is 2. The second-order valence-electron chi connectivity index (χ2n) is 7.91. The first kappa shape index (κ1) is 17.7. The highest BCUT2D eigenvalue weighted by Gasteiger charge is 2.30. The zero-order valence-corrected chi connectivity index (χ0v) is 16.2. The van der Waals surface area contributed by atoms with Crippen LogP contribution < -0.4 is 0 Å². The minimum absolute atomic E-state index is 0.189. The number of nitrogens with zero attached hydrogens (tertiary/aromatic N) is 4. The highest BCUT2D eigenvalue weighted by molar-refractivity contribution is 5.85. The Morgan fingerprint density at radius 2 is 2.11 bits per heavy atom. The number of carbonyl (C=O) groups excluding carboxylic acids is 1. The highest BCUT2D eigenvalue weighted by Crippen LogP contribution is 2.34. The molecule has 1 aromatic carbocycles. The van der Waals surface area contributed by atoms with E-state index in [0.29, 0.717) is 18.3 Å². The predicted octanol–water partition coefficient (Wildman–Crippen LogP) is 3.47. The molecule has 1 saturated heterocycles. The van der Waals surface area contributed by atoms with Crippen molar-refractivity contribution in [2.75, 3.05) is 13.1 Å². The van der Waals surface area contributed by atoms with E-state index in [4.69, 9.17) is 0 Å². The molecule has 2 atom stereocenters. The molecule has 1 aliphatic rings. The number of hydrogen-bond donors (Lipinski definition) is 0. The van der Waals surface area contributed by atoms with E-state index in [2.05, 4.69) is 42.1 Å². The van der Waals surface area contributed by atoms with Crippen molar-refractivity contribution in [1.82, 2.24) is 19.7 Å². The number of aromatic nitrogens is 3.